The van der Waals surface area contributed by atoms with Gasteiger partial charge >= 0.3 is 6.03 Å². The summed E-state index contributed by atoms with van der Waals surface area (Å²) in [5.41, 5.74) is 13.0. The Labute approximate surface area is 169 Å². The van der Waals surface area contributed by atoms with Crippen LogP contribution in [0, 0.1) is 0 Å². The number of nitrogens with one attached hydrogen (secondary N) is 3. The van der Waals surface area contributed by atoms with E-state index in [0.29, 0.717) is 19.0 Å². The molecule has 10 heteroatoms. The fourth-order valence-electron chi connectivity index (χ4n) is 2.48. The molecule has 2 aromatic rings. The zero-order chi connectivity index (χ0) is 21.1. The summed E-state index contributed by atoms with van der Waals surface area (Å²) in [7, 11) is 0. The van der Waals surface area contributed by atoms with Gasteiger partial charge in [-0.15, -0.1) is 0 Å². The first-order valence-electron chi connectivity index (χ1n) is 9.21. The predicted octanol–water partition coefficient (Wildman–Crippen LogP) is 0.955. The van der Waals surface area contributed by atoms with Crippen LogP contribution in [0.5, 0.6) is 0 Å². The first-order chi connectivity index (χ1) is 13.9. The first-order valence-corrected chi connectivity index (χ1v) is 9.21. The Kier molecular flexibility index (Phi) is 8.36. The van der Waals surface area contributed by atoms with E-state index < -0.39 is 6.03 Å². The van der Waals surface area contributed by atoms with Gasteiger partial charge in [0.15, 0.2) is 5.96 Å². The molecule has 1 heterocycles. The molecule has 0 atom stereocenters. The van der Waals surface area contributed by atoms with Crippen molar-refractivity contribution >= 4 is 23.8 Å². The molecular formula is C19H26N8O2. The Morgan fingerprint density at radius 2 is 1.76 bits per heavy atom. The van der Waals surface area contributed by atoms with Crippen LogP contribution in [0.3, 0.4) is 0 Å². The summed E-state index contributed by atoms with van der Waals surface area (Å²) in [4.78, 5) is 34.4. The van der Waals surface area contributed by atoms with Crippen molar-refractivity contribution in [2.45, 2.75) is 26.3 Å². The van der Waals surface area contributed by atoms with E-state index in [-0.39, 0.29) is 11.9 Å². The molecule has 0 unspecified atom stereocenters. The number of hydrogen-bond acceptors (Lipinski definition) is 5. The highest BCUT2D eigenvalue weighted by molar-refractivity contribution is 5.90. The van der Waals surface area contributed by atoms with Crippen LogP contribution in [0.4, 0.5) is 10.7 Å². The lowest BCUT2D eigenvalue weighted by Crippen LogP contribution is -2.28. The van der Waals surface area contributed by atoms with Crippen LogP contribution >= 0.6 is 0 Å². The van der Waals surface area contributed by atoms with Crippen LogP contribution in [-0.4, -0.2) is 41.0 Å². The summed E-state index contributed by atoms with van der Waals surface area (Å²) in [6.07, 6.45) is 5.27. The molecule has 3 amide bonds. The van der Waals surface area contributed by atoms with Crippen LogP contribution in [0.25, 0.3) is 11.1 Å². The van der Waals surface area contributed by atoms with Crippen molar-refractivity contribution in [3.8, 4) is 11.1 Å². The zero-order valence-electron chi connectivity index (χ0n) is 16.3. The number of aromatic nitrogens is 2. The molecule has 1 aromatic heterocycles. The average molecular weight is 398 g/mol. The summed E-state index contributed by atoms with van der Waals surface area (Å²) in [5.74, 6) is 0.251. The molecule has 0 aliphatic carbocycles. The minimum Gasteiger partial charge on any atom is -0.370 e. The third-order valence-corrected chi connectivity index (χ3v) is 3.85. The number of hydrogen-bond donors (Lipinski definition) is 5. The van der Waals surface area contributed by atoms with Crippen molar-refractivity contribution in [3.63, 3.8) is 0 Å². The third kappa shape index (κ3) is 8.24. The Bertz CT molecular complexity index is 848. The standard InChI is InChI=1S/C19H26N8O2/c1-13(28)22-7-2-3-8-23-18-24-11-16(12-25-18)15-6-4-5-14(9-15)10-26-19(29)27-17(20)21/h4-6,9,11-12H,2-3,7-8,10H2,1H3,(H,22,28)(H,23,24,25)(H5,20,21,26,27,29). The van der Waals surface area contributed by atoms with Crippen molar-refractivity contribution in [1.82, 2.24) is 20.6 Å². The lowest BCUT2D eigenvalue weighted by molar-refractivity contribution is -0.118. The van der Waals surface area contributed by atoms with Crippen molar-refractivity contribution in [2.75, 3.05) is 18.4 Å². The predicted molar refractivity (Wildman–Crippen MR) is 112 cm³/mol. The van der Waals surface area contributed by atoms with Gasteiger partial charge in [-0.2, -0.15) is 4.99 Å². The molecule has 154 valence electrons. The smallest absolute Gasteiger partial charge is 0.344 e. The first kappa shape index (κ1) is 21.6. The number of nitrogens with zero attached hydrogens (tertiary/aromatic N) is 3. The number of benzene rings is 1. The number of anilines is 1. The number of amides is 3. The van der Waals surface area contributed by atoms with E-state index in [1.54, 1.807) is 12.4 Å². The lowest BCUT2D eigenvalue weighted by atomic mass is 10.1. The second-order valence-electron chi connectivity index (χ2n) is 6.31. The maximum atomic E-state index is 11.5. The zero-order valence-corrected chi connectivity index (χ0v) is 16.3. The molecule has 0 radical (unpaired) electrons. The van der Waals surface area contributed by atoms with Gasteiger partial charge in [0.1, 0.15) is 0 Å². The second kappa shape index (κ2) is 11.2. The monoisotopic (exact) mass is 398 g/mol. The van der Waals surface area contributed by atoms with Crippen molar-refractivity contribution in [1.29, 1.82) is 0 Å². The molecule has 7 N–H and O–H groups in total. The van der Waals surface area contributed by atoms with E-state index >= 15 is 0 Å². The summed E-state index contributed by atoms with van der Waals surface area (Å²) in [6, 6.07) is 7.06. The molecule has 1 aromatic carbocycles. The van der Waals surface area contributed by atoms with E-state index in [4.69, 9.17) is 11.5 Å². The lowest BCUT2D eigenvalue weighted by Gasteiger charge is -2.08. The summed E-state index contributed by atoms with van der Waals surface area (Å²) in [5, 5.41) is 8.53. The number of urea groups is 1. The molecule has 0 fully saturated rings. The molecule has 0 aliphatic heterocycles. The van der Waals surface area contributed by atoms with Gasteiger partial charge in [0.2, 0.25) is 11.9 Å². The van der Waals surface area contributed by atoms with Crippen molar-refractivity contribution < 1.29 is 9.59 Å². The number of carbonyl (C=O) groups is 2. The number of aliphatic imine (C=N–C) groups is 1. The largest absolute Gasteiger partial charge is 0.370 e. The van der Waals surface area contributed by atoms with Gasteiger partial charge < -0.3 is 27.4 Å². The highest BCUT2D eigenvalue weighted by atomic mass is 16.2. The quantitative estimate of drug-likeness (QED) is 0.239. The minimum absolute atomic E-state index is 0.0166. The highest BCUT2D eigenvalue weighted by Gasteiger charge is 2.04. The maximum Gasteiger partial charge on any atom is 0.344 e. The average Bonchev–Trinajstić information content (AvgIpc) is 2.69. The van der Waals surface area contributed by atoms with Gasteiger partial charge in [0.05, 0.1) is 0 Å². The fraction of sp³-hybridized carbons (Fsp3) is 0.316. The number of nitrogens with two attached hydrogens (primary N) is 2. The Hall–Kier alpha value is -3.69. The second-order valence-corrected chi connectivity index (χ2v) is 6.31. The van der Waals surface area contributed by atoms with E-state index in [0.717, 1.165) is 36.1 Å². The molecular weight excluding hydrogens is 372 g/mol. The molecule has 29 heavy (non-hydrogen) atoms. The van der Waals surface area contributed by atoms with Gasteiger partial charge in [-0.3, -0.25) is 4.79 Å². The molecule has 10 nitrogen and oxygen atoms in total. The van der Waals surface area contributed by atoms with E-state index in [1.807, 2.05) is 24.3 Å². The molecule has 0 spiro atoms. The summed E-state index contributed by atoms with van der Waals surface area (Å²) >= 11 is 0. The summed E-state index contributed by atoms with van der Waals surface area (Å²) in [6.45, 7) is 3.19. The maximum absolute atomic E-state index is 11.5. The minimum atomic E-state index is -0.591. The normalized spacial score (nSPS) is 10.1. The van der Waals surface area contributed by atoms with Gasteiger partial charge in [0, 0.05) is 44.5 Å². The Morgan fingerprint density at radius 1 is 1.03 bits per heavy atom. The van der Waals surface area contributed by atoms with Gasteiger partial charge in [0.25, 0.3) is 0 Å². The molecule has 2 rings (SSSR count). The van der Waals surface area contributed by atoms with Crippen LogP contribution in [0.2, 0.25) is 0 Å². The van der Waals surface area contributed by atoms with Crippen LogP contribution in [0.1, 0.15) is 25.3 Å². The topological polar surface area (TPSA) is 160 Å². The molecule has 0 saturated heterocycles. The number of unbranched alkanes of at least 4 members (excludes halogenated alkanes) is 1. The molecule has 0 aliphatic rings. The highest BCUT2D eigenvalue weighted by Crippen LogP contribution is 2.19. The van der Waals surface area contributed by atoms with Crippen molar-refractivity contribution in [3.05, 3.63) is 42.2 Å². The SMILES string of the molecule is CC(=O)NCCCCNc1ncc(-c2cccc(CNC(=O)N=C(N)N)c2)cn1. The van der Waals surface area contributed by atoms with Gasteiger partial charge in [-0.25, -0.2) is 14.8 Å². The van der Waals surface area contributed by atoms with Crippen LogP contribution in [0.15, 0.2) is 41.7 Å². The fourth-order valence-corrected chi connectivity index (χ4v) is 2.48. The van der Waals surface area contributed by atoms with Crippen LogP contribution < -0.4 is 27.4 Å². The number of guanidine groups is 1. The van der Waals surface area contributed by atoms with E-state index in [2.05, 4.69) is 30.9 Å². The van der Waals surface area contributed by atoms with Gasteiger partial charge in [-0.05, 0) is 30.0 Å². The number of carbonyl (C=O) groups excluding carboxylic acids is 2. The summed E-state index contributed by atoms with van der Waals surface area (Å²) < 4.78 is 0. The van der Waals surface area contributed by atoms with Gasteiger partial charge in [-0.1, -0.05) is 18.2 Å². The molecule has 0 bridgehead atoms. The molecule has 0 saturated carbocycles. The number of rotatable bonds is 9. The van der Waals surface area contributed by atoms with Crippen molar-refractivity contribution in [2.24, 2.45) is 16.5 Å². The Morgan fingerprint density at radius 3 is 2.45 bits per heavy atom. The van der Waals surface area contributed by atoms with E-state index in [9.17, 15) is 9.59 Å². The Balaban J connectivity index is 1.85. The third-order valence-electron chi connectivity index (χ3n) is 3.85. The van der Waals surface area contributed by atoms with Crippen LogP contribution in [-0.2, 0) is 11.3 Å². The van der Waals surface area contributed by atoms with E-state index in [1.165, 1.54) is 6.92 Å².